The lowest BCUT2D eigenvalue weighted by Gasteiger charge is -2.30. The molecule has 2 rings (SSSR count). The van der Waals surface area contributed by atoms with Gasteiger partial charge in [-0.15, -0.1) is 0 Å². The normalized spacial score (nSPS) is 19.2. The van der Waals surface area contributed by atoms with Crippen LogP contribution in [0.4, 0.5) is 4.39 Å². The van der Waals surface area contributed by atoms with Gasteiger partial charge in [0.05, 0.1) is 6.04 Å². The quantitative estimate of drug-likeness (QED) is 0.666. The molecule has 5 heteroatoms. The van der Waals surface area contributed by atoms with E-state index in [-0.39, 0.29) is 11.9 Å². The predicted molar refractivity (Wildman–Crippen MR) is 67.7 cm³/mol. The van der Waals surface area contributed by atoms with E-state index in [2.05, 4.69) is 21.4 Å². The Morgan fingerprint density at radius 3 is 2.71 bits per heavy atom. The molecule has 1 fully saturated rings. The first-order valence-electron chi connectivity index (χ1n) is 5.72. The van der Waals surface area contributed by atoms with Crippen LogP contribution in [0.5, 0.6) is 0 Å². The number of nitrogens with two attached hydrogens (primary N) is 1. The fraction of sp³-hybridized carbons (Fsp3) is 0.500. The van der Waals surface area contributed by atoms with Crippen LogP contribution >= 0.6 is 15.9 Å². The van der Waals surface area contributed by atoms with Gasteiger partial charge in [-0.05, 0) is 30.9 Å². The van der Waals surface area contributed by atoms with Gasteiger partial charge in [0.25, 0.3) is 0 Å². The number of nitrogens with one attached hydrogen (secondary N) is 1. The van der Waals surface area contributed by atoms with Gasteiger partial charge in [0.1, 0.15) is 5.82 Å². The zero-order valence-electron chi connectivity index (χ0n) is 9.46. The first kappa shape index (κ1) is 13.0. The second-order valence-corrected chi connectivity index (χ2v) is 5.08. The summed E-state index contributed by atoms with van der Waals surface area (Å²) in [4.78, 5) is 0. The van der Waals surface area contributed by atoms with Crippen molar-refractivity contribution in [2.75, 3.05) is 13.2 Å². The molecule has 0 aromatic heterocycles. The van der Waals surface area contributed by atoms with E-state index >= 15 is 0 Å². The van der Waals surface area contributed by atoms with Gasteiger partial charge >= 0.3 is 0 Å². The third-order valence-electron chi connectivity index (χ3n) is 3.23. The molecule has 17 heavy (non-hydrogen) atoms. The number of ether oxygens (including phenoxy) is 1. The van der Waals surface area contributed by atoms with Crippen molar-refractivity contribution in [3.63, 3.8) is 0 Å². The number of hydrogen-bond acceptors (Lipinski definition) is 3. The minimum atomic E-state index is -0.228. The third-order valence-corrected chi connectivity index (χ3v) is 3.92. The van der Waals surface area contributed by atoms with Gasteiger partial charge < -0.3 is 4.74 Å². The summed E-state index contributed by atoms with van der Waals surface area (Å²) in [6.45, 7) is 1.43. The Balaban J connectivity index is 2.27. The van der Waals surface area contributed by atoms with Crippen molar-refractivity contribution < 1.29 is 9.13 Å². The van der Waals surface area contributed by atoms with Crippen LogP contribution in [0.1, 0.15) is 24.4 Å². The molecule has 1 aromatic rings. The second-order valence-electron chi connectivity index (χ2n) is 4.23. The van der Waals surface area contributed by atoms with E-state index in [1.54, 1.807) is 6.07 Å². The molecule has 1 saturated heterocycles. The van der Waals surface area contributed by atoms with Crippen molar-refractivity contribution in [3.05, 3.63) is 34.1 Å². The molecular weight excluding hydrogens is 287 g/mol. The number of halogens is 2. The maximum absolute atomic E-state index is 13.9. The molecule has 1 aliphatic heterocycles. The van der Waals surface area contributed by atoms with Gasteiger partial charge in [0, 0.05) is 23.2 Å². The fourth-order valence-electron chi connectivity index (χ4n) is 2.31. The summed E-state index contributed by atoms with van der Waals surface area (Å²) in [5.41, 5.74) is 3.36. The van der Waals surface area contributed by atoms with Gasteiger partial charge in [-0.1, -0.05) is 22.0 Å². The molecule has 94 valence electrons. The van der Waals surface area contributed by atoms with Crippen LogP contribution in [0.15, 0.2) is 22.7 Å². The van der Waals surface area contributed by atoms with E-state index < -0.39 is 0 Å². The van der Waals surface area contributed by atoms with Crippen molar-refractivity contribution in [3.8, 4) is 0 Å². The van der Waals surface area contributed by atoms with Crippen LogP contribution in [0, 0.1) is 11.7 Å². The van der Waals surface area contributed by atoms with Crippen molar-refractivity contribution >= 4 is 15.9 Å². The van der Waals surface area contributed by atoms with Crippen LogP contribution in [0.3, 0.4) is 0 Å². The highest BCUT2D eigenvalue weighted by atomic mass is 79.9. The molecule has 0 radical (unpaired) electrons. The molecule has 0 bridgehead atoms. The Bertz CT molecular complexity index is 363. The Morgan fingerprint density at radius 1 is 1.41 bits per heavy atom. The van der Waals surface area contributed by atoms with Crippen LogP contribution in [-0.2, 0) is 4.74 Å². The zero-order chi connectivity index (χ0) is 12.3. The van der Waals surface area contributed by atoms with Gasteiger partial charge in [-0.25, -0.2) is 4.39 Å². The number of rotatable bonds is 3. The molecule has 0 amide bonds. The summed E-state index contributed by atoms with van der Waals surface area (Å²) in [6, 6.07) is 4.81. The van der Waals surface area contributed by atoms with E-state index in [0.29, 0.717) is 11.5 Å². The monoisotopic (exact) mass is 302 g/mol. The second kappa shape index (κ2) is 5.91. The van der Waals surface area contributed by atoms with E-state index in [9.17, 15) is 4.39 Å². The number of hydrogen-bond donors (Lipinski definition) is 2. The largest absolute Gasteiger partial charge is 0.381 e. The minimum Gasteiger partial charge on any atom is -0.381 e. The summed E-state index contributed by atoms with van der Waals surface area (Å²) in [5, 5.41) is 0. The highest BCUT2D eigenvalue weighted by Gasteiger charge is 2.28. The Labute approximate surface area is 109 Å². The van der Waals surface area contributed by atoms with Crippen molar-refractivity contribution in [1.82, 2.24) is 5.43 Å². The summed E-state index contributed by atoms with van der Waals surface area (Å²) >= 11 is 3.39. The van der Waals surface area contributed by atoms with Crippen LogP contribution in [0.2, 0.25) is 0 Å². The molecule has 1 unspecified atom stereocenters. The lowest BCUT2D eigenvalue weighted by Crippen LogP contribution is -2.37. The lowest BCUT2D eigenvalue weighted by molar-refractivity contribution is 0.0530. The highest BCUT2D eigenvalue weighted by molar-refractivity contribution is 9.10. The summed E-state index contributed by atoms with van der Waals surface area (Å²) in [5.74, 6) is 5.67. The zero-order valence-corrected chi connectivity index (χ0v) is 11.0. The van der Waals surface area contributed by atoms with E-state index in [0.717, 1.165) is 30.5 Å². The van der Waals surface area contributed by atoms with Crippen molar-refractivity contribution in [2.45, 2.75) is 18.9 Å². The van der Waals surface area contributed by atoms with Gasteiger partial charge in [-0.2, -0.15) is 0 Å². The summed E-state index contributed by atoms with van der Waals surface area (Å²) < 4.78 is 20.0. The minimum absolute atomic E-state index is 0.172. The van der Waals surface area contributed by atoms with Gasteiger partial charge in [-0.3, -0.25) is 11.3 Å². The van der Waals surface area contributed by atoms with E-state index in [4.69, 9.17) is 10.6 Å². The smallest absolute Gasteiger partial charge is 0.129 e. The molecule has 3 N–H and O–H groups in total. The van der Waals surface area contributed by atoms with Gasteiger partial charge in [0.2, 0.25) is 0 Å². The Morgan fingerprint density at radius 2 is 2.12 bits per heavy atom. The average molecular weight is 303 g/mol. The lowest BCUT2D eigenvalue weighted by atomic mass is 9.87. The molecule has 0 aliphatic carbocycles. The Hall–Kier alpha value is -0.490. The van der Waals surface area contributed by atoms with E-state index in [1.807, 2.05) is 6.07 Å². The first-order valence-corrected chi connectivity index (χ1v) is 6.51. The molecule has 1 heterocycles. The fourth-order valence-corrected chi connectivity index (χ4v) is 2.90. The van der Waals surface area contributed by atoms with Crippen LogP contribution < -0.4 is 11.3 Å². The maximum Gasteiger partial charge on any atom is 0.129 e. The molecule has 1 aromatic carbocycles. The maximum atomic E-state index is 13.9. The first-order chi connectivity index (χ1) is 8.24. The summed E-state index contributed by atoms with van der Waals surface area (Å²) in [7, 11) is 0. The SMILES string of the molecule is NNC(c1c(F)cccc1Br)C1CCOCC1. The van der Waals surface area contributed by atoms with Crippen LogP contribution in [0.25, 0.3) is 0 Å². The van der Waals surface area contributed by atoms with Gasteiger partial charge in [0.15, 0.2) is 0 Å². The number of hydrazine groups is 1. The van der Waals surface area contributed by atoms with Crippen molar-refractivity contribution in [2.24, 2.45) is 11.8 Å². The predicted octanol–water partition coefficient (Wildman–Crippen LogP) is 2.52. The molecule has 0 spiro atoms. The number of benzene rings is 1. The molecule has 1 aliphatic rings. The molecular formula is C12H16BrFN2O. The Kier molecular flexibility index (Phi) is 4.50. The molecule has 3 nitrogen and oxygen atoms in total. The van der Waals surface area contributed by atoms with Crippen LogP contribution in [-0.4, -0.2) is 13.2 Å². The molecule has 1 atom stereocenters. The van der Waals surface area contributed by atoms with E-state index in [1.165, 1.54) is 6.07 Å². The average Bonchev–Trinajstić information content (AvgIpc) is 2.35. The topological polar surface area (TPSA) is 47.3 Å². The summed E-state index contributed by atoms with van der Waals surface area (Å²) in [6.07, 6.45) is 1.80. The molecule has 0 saturated carbocycles. The van der Waals surface area contributed by atoms with Crippen molar-refractivity contribution in [1.29, 1.82) is 0 Å². The standard InChI is InChI=1S/C12H16BrFN2O/c13-9-2-1-3-10(14)11(9)12(16-15)8-4-6-17-7-5-8/h1-3,8,12,16H,4-7,15H2. The third kappa shape index (κ3) is 2.85. The highest BCUT2D eigenvalue weighted by Crippen LogP contribution is 2.34.